The summed E-state index contributed by atoms with van der Waals surface area (Å²) in [6, 6.07) is 7.38. The first-order valence-corrected chi connectivity index (χ1v) is 7.58. The maximum atomic E-state index is 12.8. The van der Waals surface area contributed by atoms with Crippen LogP contribution in [0.3, 0.4) is 0 Å². The quantitative estimate of drug-likeness (QED) is 0.304. The number of aromatic hydroxyl groups is 1. The Labute approximate surface area is 154 Å². The molecule has 0 saturated heterocycles. The van der Waals surface area contributed by atoms with Gasteiger partial charge in [-0.3, -0.25) is 15.1 Å². The van der Waals surface area contributed by atoms with E-state index in [1.54, 1.807) is 0 Å². The molecule has 0 aliphatic rings. The van der Waals surface area contributed by atoms with E-state index in [-0.39, 0.29) is 22.0 Å². The minimum atomic E-state index is -4.27. The Hall–Kier alpha value is -2.88. The summed E-state index contributed by atoms with van der Waals surface area (Å²) in [7, 11) is 0. The second kappa shape index (κ2) is 8.21. The van der Waals surface area contributed by atoms with E-state index >= 15 is 0 Å². The summed E-state index contributed by atoms with van der Waals surface area (Å²) in [5.74, 6) is -4.96. The molecular formula is C16H11ClF4N2O4. The van der Waals surface area contributed by atoms with Crippen molar-refractivity contribution in [2.24, 2.45) is 4.99 Å². The average molecular weight is 407 g/mol. The van der Waals surface area contributed by atoms with Crippen molar-refractivity contribution in [3.63, 3.8) is 0 Å². The van der Waals surface area contributed by atoms with Crippen molar-refractivity contribution in [3.8, 4) is 11.5 Å². The molecule has 0 atom stereocenters. The molecule has 0 aromatic heterocycles. The molecule has 27 heavy (non-hydrogen) atoms. The molecular weight excluding hydrogens is 396 g/mol. The number of phenols is 1. The molecule has 0 spiro atoms. The van der Waals surface area contributed by atoms with Crippen LogP contribution in [0.15, 0.2) is 41.4 Å². The Balaban J connectivity index is 2.12. The number of nitro groups is 1. The van der Waals surface area contributed by atoms with Gasteiger partial charge in [-0.1, -0.05) is 11.6 Å². The van der Waals surface area contributed by atoms with Gasteiger partial charge >= 0.3 is 18.0 Å². The van der Waals surface area contributed by atoms with Crippen LogP contribution in [-0.4, -0.2) is 35.2 Å². The molecule has 2 aromatic rings. The Kier molecular flexibility index (Phi) is 6.21. The van der Waals surface area contributed by atoms with Crippen LogP contribution in [-0.2, 0) is 0 Å². The first-order chi connectivity index (χ1) is 12.6. The highest BCUT2D eigenvalue weighted by atomic mass is 35.5. The summed E-state index contributed by atoms with van der Waals surface area (Å²) < 4.78 is 54.3. The van der Waals surface area contributed by atoms with E-state index in [2.05, 4.69) is 9.73 Å². The summed E-state index contributed by atoms with van der Waals surface area (Å²) in [6.07, 6.45) is -2.72. The van der Waals surface area contributed by atoms with Crippen LogP contribution in [0.1, 0.15) is 5.56 Å². The molecule has 11 heteroatoms. The van der Waals surface area contributed by atoms with Gasteiger partial charge in [0.05, 0.1) is 10.6 Å². The highest BCUT2D eigenvalue weighted by Crippen LogP contribution is 2.32. The fourth-order valence-corrected chi connectivity index (χ4v) is 2.08. The number of rotatable bonds is 7. The van der Waals surface area contributed by atoms with Crippen LogP contribution in [0.25, 0.3) is 0 Å². The maximum absolute atomic E-state index is 12.8. The van der Waals surface area contributed by atoms with E-state index in [4.69, 9.17) is 11.6 Å². The largest absolute Gasteiger partial charge is 0.502 e. The molecule has 0 saturated carbocycles. The van der Waals surface area contributed by atoms with Crippen LogP contribution in [0.5, 0.6) is 11.5 Å². The molecule has 0 heterocycles. The predicted molar refractivity (Wildman–Crippen MR) is 89.9 cm³/mol. The van der Waals surface area contributed by atoms with Crippen molar-refractivity contribution in [3.05, 3.63) is 57.1 Å². The van der Waals surface area contributed by atoms with E-state index in [1.807, 2.05) is 0 Å². The van der Waals surface area contributed by atoms with Crippen molar-refractivity contribution in [2.45, 2.75) is 12.3 Å². The minimum absolute atomic E-state index is 0.00824. The van der Waals surface area contributed by atoms with E-state index in [0.29, 0.717) is 0 Å². The highest BCUT2D eigenvalue weighted by molar-refractivity contribution is 6.31. The number of nitro benzene ring substituents is 1. The SMILES string of the molecule is O=[N+]([O-])c1cc(Cl)cc(C=Nc2ccc(OCC(F)(F)C(F)F)cc2)c1O. The van der Waals surface area contributed by atoms with Gasteiger partial charge < -0.3 is 9.84 Å². The second-order valence-electron chi connectivity index (χ2n) is 5.22. The van der Waals surface area contributed by atoms with Gasteiger partial charge in [-0.2, -0.15) is 8.78 Å². The number of ether oxygens (including phenoxy) is 1. The average Bonchev–Trinajstić information content (AvgIpc) is 2.61. The van der Waals surface area contributed by atoms with Gasteiger partial charge in [0.25, 0.3) is 0 Å². The number of phenolic OH excluding ortho intramolecular Hbond substituents is 1. The summed E-state index contributed by atoms with van der Waals surface area (Å²) in [6.45, 7) is -1.48. The van der Waals surface area contributed by atoms with Crippen LogP contribution in [0.2, 0.25) is 5.02 Å². The van der Waals surface area contributed by atoms with Crippen LogP contribution in [0, 0.1) is 10.1 Å². The topological polar surface area (TPSA) is 85.0 Å². The number of halogens is 5. The van der Waals surface area contributed by atoms with Gasteiger partial charge in [0.1, 0.15) is 5.75 Å². The Bertz CT molecular complexity index is 860. The third-order valence-electron chi connectivity index (χ3n) is 3.22. The van der Waals surface area contributed by atoms with Crippen molar-refractivity contribution < 1.29 is 32.3 Å². The maximum Gasteiger partial charge on any atom is 0.340 e. The number of hydrogen-bond acceptors (Lipinski definition) is 5. The molecule has 0 aliphatic heterocycles. The predicted octanol–water partition coefficient (Wildman–Crippen LogP) is 4.98. The molecule has 1 N–H and O–H groups in total. The summed E-state index contributed by atoms with van der Waals surface area (Å²) in [4.78, 5) is 14.0. The monoisotopic (exact) mass is 406 g/mol. The van der Waals surface area contributed by atoms with Gasteiger partial charge in [0.2, 0.25) is 5.75 Å². The molecule has 0 fully saturated rings. The van der Waals surface area contributed by atoms with Gasteiger partial charge in [-0.05, 0) is 30.3 Å². The Morgan fingerprint density at radius 1 is 1.30 bits per heavy atom. The Morgan fingerprint density at radius 2 is 1.93 bits per heavy atom. The van der Waals surface area contributed by atoms with E-state index in [9.17, 15) is 32.8 Å². The van der Waals surface area contributed by atoms with Crippen molar-refractivity contribution >= 4 is 29.2 Å². The van der Waals surface area contributed by atoms with Crippen molar-refractivity contribution in [1.29, 1.82) is 0 Å². The van der Waals surface area contributed by atoms with E-state index < -0.39 is 35.3 Å². The zero-order chi connectivity index (χ0) is 20.2. The van der Waals surface area contributed by atoms with Crippen molar-refractivity contribution in [2.75, 3.05) is 6.61 Å². The molecule has 2 rings (SSSR count). The van der Waals surface area contributed by atoms with E-state index in [0.717, 1.165) is 12.3 Å². The smallest absolute Gasteiger partial charge is 0.340 e. The normalized spacial score (nSPS) is 11.9. The minimum Gasteiger partial charge on any atom is -0.502 e. The lowest BCUT2D eigenvalue weighted by Crippen LogP contribution is -2.33. The fraction of sp³-hybridized carbons (Fsp3) is 0.188. The van der Waals surface area contributed by atoms with Gasteiger partial charge in [0.15, 0.2) is 6.61 Å². The summed E-state index contributed by atoms with van der Waals surface area (Å²) in [5.41, 5.74) is -0.316. The molecule has 6 nitrogen and oxygen atoms in total. The number of benzene rings is 2. The third-order valence-corrected chi connectivity index (χ3v) is 3.44. The molecule has 0 aliphatic carbocycles. The van der Waals surface area contributed by atoms with E-state index in [1.165, 1.54) is 30.3 Å². The molecule has 0 radical (unpaired) electrons. The zero-order valence-electron chi connectivity index (χ0n) is 13.3. The second-order valence-corrected chi connectivity index (χ2v) is 5.66. The summed E-state index contributed by atoms with van der Waals surface area (Å²) in [5, 5.41) is 20.7. The highest BCUT2D eigenvalue weighted by Gasteiger charge is 2.41. The molecule has 144 valence electrons. The number of alkyl halides is 4. The lowest BCUT2D eigenvalue weighted by atomic mass is 10.2. The standard InChI is InChI=1S/C16H11ClF4N2O4/c17-10-5-9(14(24)13(6-10)23(25)26)7-22-11-1-3-12(4-2-11)27-8-16(20,21)15(18)19/h1-7,15,24H,8H2. The van der Waals surface area contributed by atoms with Gasteiger partial charge in [-0.15, -0.1) is 0 Å². The molecule has 0 amide bonds. The van der Waals surface area contributed by atoms with Crippen LogP contribution in [0.4, 0.5) is 28.9 Å². The first kappa shape index (κ1) is 20.4. The Morgan fingerprint density at radius 3 is 2.48 bits per heavy atom. The first-order valence-electron chi connectivity index (χ1n) is 7.20. The fourth-order valence-electron chi connectivity index (χ4n) is 1.86. The zero-order valence-corrected chi connectivity index (χ0v) is 14.0. The van der Waals surface area contributed by atoms with Crippen LogP contribution < -0.4 is 4.74 Å². The lowest BCUT2D eigenvalue weighted by molar-refractivity contribution is -0.385. The third kappa shape index (κ3) is 5.30. The number of aliphatic imine (C=N–C) groups is 1. The van der Waals surface area contributed by atoms with Gasteiger partial charge in [-0.25, -0.2) is 8.78 Å². The molecule has 0 bridgehead atoms. The lowest BCUT2D eigenvalue weighted by Gasteiger charge is -2.15. The van der Waals surface area contributed by atoms with Crippen molar-refractivity contribution in [1.82, 2.24) is 0 Å². The van der Waals surface area contributed by atoms with Crippen LogP contribution >= 0.6 is 11.6 Å². The van der Waals surface area contributed by atoms with Gasteiger partial charge in [0, 0.05) is 22.9 Å². The molecule has 0 unspecified atom stereocenters. The number of hydrogen-bond donors (Lipinski definition) is 1. The molecule has 2 aromatic carbocycles. The summed E-state index contributed by atoms with van der Waals surface area (Å²) >= 11 is 5.75. The number of nitrogens with zero attached hydrogens (tertiary/aromatic N) is 2.